The van der Waals surface area contributed by atoms with E-state index in [1.165, 1.54) is 36.0 Å². The number of amidine groups is 1. The van der Waals surface area contributed by atoms with Crippen molar-refractivity contribution in [1.29, 1.82) is 0 Å². The second-order valence-corrected chi connectivity index (χ2v) is 13.0. The number of hydrogen-bond acceptors (Lipinski definition) is 7. The first-order valence-electron chi connectivity index (χ1n) is 14.2. The molecule has 0 unspecified atom stereocenters. The van der Waals surface area contributed by atoms with Crippen LogP contribution in [0.2, 0.25) is 5.02 Å². The highest BCUT2D eigenvalue weighted by molar-refractivity contribution is 8.18. The van der Waals surface area contributed by atoms with E-state index in [1.54, 1.807) is 36.1 Å². The number of thioether (sulfide) groups is 1. The van der Waals surface area contributed by atoms with Crippen LogP contribution in [0.4, 0.5) is 0 Å². The van der Waals surface area contributed by atoms with Crippen molar-refractivity contribution in [2.75, 3.05) is 6.61 Å². The Bertz CT molecular complexity index is 1840. The van der Waals surface area contributed by atoms with Crippen molar-refractivity contribution in [3.63, 3.8) is 0 Å². The lowest BCUT2D eigenvalue weighted by atomic mass is 10.0. The van der Waals surface area contributed by atoms with Gasteiger partial charge in [0.1, 0.15) is 4.90 Å². The summed E-state index contributed by atoms with van der Waals surface area (Å²) in [6, 6.07) is 28.8. The van der Waals surface area contributed by atoms with Gasteiger partial charge in [-0.15, -0.1) is 6.58 Å². The summed E-state index contributed by atoms with van der Waals surface area (Å²) in [7, 11) is -4.20. The zero-order chi connectivity index (χ0) is 31.8. The highest BCUT2D eigenvalue weighted by atomic mass is 35.5. The van der Waals surface area contributed by atoms with E-state index in [2.05, 4.69) is 6.58 Å². The zero-order valence-corrected chi connectivity index (χ0v) is 26.9. The average molecular weight is 659 g/mol. The third kappa shape index (κ3) is 8.05. The van der Waals surface area contributed by atoms with Crippen LogP contribution in [0, 0.1) is 0 Å². The Balaban J connectivity index is 1.51. The Morgan fingerprint density at radius 3 is 2.27 bits per heavy atom. The van der Waals surface area contributed by atoms with Crippen molar-refractivity contribution in [3.05, 3.63) is 142 Å². The summed E-state index contributed by atoms with van der Waals surface area (Å²) in [5.74, 6) is 0.121. The minimum Gasteiger partial charge on any atom is -0.490 e. The number of nitrogens with zero attached hydrogens (tertiary/aromatic N) is 2. The lowest BCUT2D eigenvalue weighted by molar-refractivity contribution is -0.122. The van der Waals surface area contributed by atoms with Gasteiger partial charge in [0.05, 0.1) is 24.6 Å². The Morgan fingerprint density at radius 2 is 1.62 bits per heavy atom. The molecule has 0 aliphatic carbocycles. The molecule has 230 valence electrons. The fourth-order valence-corrected chi connectivity index (χ4v) is 6.69. The molecular formula is C35H31ClN2O5S2. The first-order chi connectivity index (χ1) is 21.8. The van der Waals surface area contributed by atoms with Crippen LogP contribution in [0.5, 0.6) is 11.5 Å². The van der Waals surface area contributed by atoms with E-state index in [1.807, 2.05) is 60.7 Å². The number of amides is 1. The molecule has 1 heterocycles. The van der Waals surface area contributed by atoms with Crippen LogP contribution in [-0.4, -0.2) is 31.0 Å². The summed E-state index contributed by atoms with van der Waals surface area (Å²) in [6.45, 7) is 6.69. The minimum absolute atomic E-state index is 0.0427. The van der Waals surface area contributed by atoms with Crippen molar-refractivity contribution >= 4 is 50.6 Å². The Hall–Kier alpha value is -4.31. The summed E-state index contributed by atoms with van der Waals surface area (Å²) in [6.07, 6.45) is 3.71. The number of benzene rings is 4. The largest absolute Gasteiger partial charge is 0.490 e. The first-order valence-corrected chi connectivity index (χ1v) is 16.8. The Kier molecular flexibility index (Phi) is 10.4. The van der Waals surface area contributed by atoms with Gasteiger partial charge in [0.2, 0.25) is 0 Å². The predicted molar refractivity (Wildman–Crippen MR) is 181 cm³/mol. The van der Waals surface area contributed by atoms with Crippen LogP contribution in [0.1, 0.15) is 29.2 Å². The fourth-order valence-electron chi connectivity index (χ4n) is 4.62. The molecule has 0 aromatic heterocycles. The number of allylic oxidation sites excluding steroid dienone is 1. The van der Waals surface area contributed by atoms with Gasteiger partial charge in [0, 0.05) is 10.6 Å². The molecule has 5 rings (SSSR count). The number of ether oxygens (including phenoxy) is 1. The van der Waals surface area contributed by atoms with Gasteiger partial charge in [-0.05, 0) is 84.3 Å². The molecule has 1 fully saturated rings. The second kappa shape index (κ2) is 14.6. The normalized spacial score (nSPS) is 15.1. The van der Waals surface area contributed by atoms with Gasteiger partial charge in [0.15, 0.2) is 16.7 Å². The van der Waals surface area contributed by atoms with E-state index >= 15 is 0 Å². The van der Waals surface area contributed by atoms with E-state index in [9.17, 15) is 13.2 Å². The average Bonchev–Trinajstić information content (AvgIpc) is 3.32. The lowest BCUT2D eigenvalue weighted by Gasteiger charge is -2.17. The smallest absolute Gasteiger partial charge is 0.339 e. The molecule has 0 atom stereocenters. The summed E-state index contributed by atoms with van der Waals surface area (Å²) < 4.78 is 37.9. The van der Waals surface area contributed by atoms with Crippen LogP contribution in [0.3, 0.4) is 0 Å². The van der Waals surface area contributed by atoms with Gasteiger partial charge in [0.25, 0.3) is 5.91 Å². The molecule has 1 aliphatic rings. The summed E-state index contributed by atoms with van der Waals surface area (Å²) in [5.41, 5.74) is 3.20. The quantitative estimate of drug-likeness (QED) is 0.0874. The monoisotopic (exact) mass is 658 g/mol. The molecule has 0 saturated carbocycles. The lowest BCUT2D eigenvalue weighted by Crippen LogP contribution is -2.28. The van der Waals surface area contributed by atoms with Crippen LogP contribution >= 0.6 is 23.4 Å². The highest BCUT2D eigenvalue weighted by Gasteiger charge is 2.33. The standard InChI is InChI=1S/C35H31ClN2O5S2/c1-3-11-28-20-27(21-31(42-4-2)33(28)43-45(40,41)30-18-16-29(36)17-19-30)22-32-34(39)38(24-26-14-9-6-10-15-26)35(44-32)37-23-25-12-7-5-8-13-25/h3,5-10,12-22H,1,4,11,23-24H2,2H3/b32-22+,37-35?. The van der Waals surface area contributed by atoms with Gasteiger partial charge >= 0.3 is 10.1 Å². The SMILES string of the molecule is C=CCc1cc(/C=C2/SC(=NCc3ccccc3)N(Cc3ccccc3)C2=O)cc(OCC)c1OS(=O)(=O)c1ccc(Cl)cc1. The third-order valence-corrected chi connectivity index (χ3v) is 9.25. The van der Waals surface area contributed by atoms with Crippen LogP contribution in [0.15, 0.2) is 125 Å². The summed E-state index contributed by atoms with van der Waals surface area (Å²) in [4.78, 5) is 20.7. The van der Waals surface area contributed by atoms with Crippen molar-refractivity contribution in [1.82, 2.24) is 4.90 Å². The summed E-state index contributed by atoms with van der Waals surface area (Å²) in [5, 5.41) is 1.01. The maximum atomic E-state index is 13.8. The van der Waals surface area contributed by atoms with Crippen LogP contribution < -0.4 is 8.92 Å². The third-order valence-electron chi connectivity index (χ3n) is 6.72. The van der Waals surface area contributed by atoms with E-state index in [0.717, 1.165) is 11.1 Å². The van der Waals surface area contributed by atoms with E-state index in [0.29, 0.717) is 45.7 Å². The molecule has 0 N–H and O–H groups in total. The van der Waals surface area contributed by atoms with Crippen LogP contribution in [-0.2, 0) is 34.4 Å². The molecule has 4 aromatic rings. The molecule has 1 amide bonds. The van der Waals surface area contributed by atoms with Gasteiger partial charge in [-0.1, -0.05) is 78.3 Å². The maximum Gasteiger partial charge on any atom is 0.339 e. The van der Waals surface area contributed by atoms with Crippen molar-refractivity contribution < 1.29 is 22.1 Å². The predicted octanol–water partition coefficient (Wildman–Crippen LogP) is 7.91. The fraction of sp³-hybridized carbons (Fsp3) is 0.143. The molecule has 1 aliphatic heterocycles. The highest BCUT2D eigenvalue weighted by Crippen LogP contribution is 2.39. The molecule has 45 heavy (non-hydrogen) atoms. The van der Waals surface area contributed by atoms with E-state index in [4.69, 9.17) is 25.5 Å². The Morgan fingerprint density at radius 1 is 0.956 bits per heavy atom. The minimum atomic E-state index is -4.20. The topological polar surface area (TPSA) is 85.3 Å². The number of rotatable bonds is 12. The van der Waals surface area contributed by atoms with Crippen LogP contribution in [0.25, 0.3) is 6.08 Å². The van der Waals surface area contributed by atoms with E-state index < -0.39 is 10.1 Å². The van der Waals surface area contributed by atoms with E-state index in [-0.39, 0.29) is 28.9 Å². The number of hydrogen-bond donors (Lipinski definition) is 0. The molecule has 4 aromatic carbocycles. The number of halogens is 1. The molecule has 10 heteroatoms. The number of carbonyl (C=O) groups excluding carboxylic acids is 1. The molecule has 1 saturated heterocycles. The summed E-state index contributed by atoms with van der Waals surface area (Å²) >= 11 is 7.25. The zero-order valence-electron chi connectivity index (χ0n) is 24.6. The molecule has 0 radical (unpaired) electrons. The number of carbonyl (C=O) groups is 1. The second-order valence-electron chi connectivity index (χ2n) is 10.00. The van der Waals surface area contributed by atoms with Crippen molar-refractivity contribution in [2.24, 2.45) is 4.99 Å². The van der Waals surface area contributed by atoms with Gasteiger partial charge in [-0.25, -0.2) is 0 Å². The van der Waals surface area contributed by atoms with Gasteiger partial charge in [-0.3, -0.25) is 14.7 Å². The van der Waals surface area contributed by atoms with Crippen molar-refractivity contribution in [3.8, 4) is 11.5 Å². The molecule has 0 spiro atoms. The molecule has 7 nitrogen and oxygen atoms in total. The Labute approximate surface area is 273 Å². The number of aliphatic imine (C=N–C) groups is 1. The van der Waals surface area contributed by atoms with Gasteiger partial charge < -0.3 is 8.92 Å². The maximum absolute atomic E-state index is 13.8. The first kappa shape index (κ1) is 32.1. The van der Waals surface area contributed by atoms with Gasteiger partial charge in [-0.2, -0.15) is 8.42 Å². The van der Waals surface area contributed by atoms with Crippen molar-refractivity contribution in [2.45, 2.75) is 31.3 Å². The molecular weight excluding hydrogens is 628 g/mol. The molecule has 0 bridgehead atoms.